The van der Waals surface area contributed by atoms with Crippen molar-refractivity contribution in [2.45, 2.75) is 26.3 Å². The summed E-state index contributed by atoms with van der Waals surface area (Å²) >= 11 is 0. The number of rotatable bonds is 9. The van der Waals surface area contributed by atoms with Crippen molar-refractivity contribution >= 4 is 35.8 Å². The third kappa shape index (κ3) is 8.98. The molecule has 142 valence electrons. The molecule has 0 fully saturated rings. The molecule has 0 aliphatic carbocycles. The number of anilines is 1. The molecule has 26 heavy (non-hydrogen) atoms. The number of aliphatic imine (C=N–C) groups is 1. The molecule has 3 N–H and O–H groups in total. The molecule has 2 rings (SSSR count). The monoisotopic (exact) mass is 471 g/mol. The van der Waals surface area contributed by atoms with Gasteiger partial charge >= 0.3 is 0 Å². The summed E-state index contributed by atoms with van der Waals surface area (Å²) < 4.78 is 12.9. The standard InChI is InChI=1S/C19H26FN5.HI/c1-2-21-19(25-15-16-8-10-17(20)11-9-16)24-14-6-5-13-23-18-7-3-4-12-22-18;/h3-4,7-12H,2,5-6,13-15H2,1H3,(H,22,23)(H2,21,24,25);1H. The number of guanidine groups is 1. The molecule has 1 aromatic heterocycles. The number of hydrogen-bond acceptors (Lipinski definition) is 3. The first-order valence-corrected chi connectivity index (χ1v) is 8.69. The molecule has 0 aliphatic heterocycles. The molecule has 0 saturated heterocycles. The van der Waals surface area contributed by atoms with Crippen LogP contribution in [0.2, 0.25) is 0 Å². The molecule has 0 bridgehead atoms. The van der Waals surface area contributed by atoms with Crippen molar-refractivity contribution in [3.8, 4) is 0 Å². The van der Waals surface area contributed by atoms with Crippen LogP contribution in [0.15, 0.2) is 53.7 Å². The summed E-state index contributed by atoms with van der Waals surface area (Å²) in [5.41, 5.74) is 0.984. The van der Waals surface area contributed by atoms with Gasteiger partial charge in [-0.15, -0.1) is 24.0 Å². The van der Waals surface area contributed by atoms with E-state index in [1.807, 2.05) is 25.1 Å². The van der Waals surface area contributed by atoms with E-state index < -0.39 is 0 Å². The normalized spacial score (nSPS) is 10.8. The van der Waals surface area contributed by atoms with Crippen LogP contribution in [0.25, 0.3) is 0 Å². The fourth-order valence-electron chi connectivity index (χ4n) is 2.24. The predicted molar refractivity (Wildman–Crippen MR) is 117 cm³/mol. The van der Waals surface area contributed by atoms with E-state index in [1.54, 1.807) is 18.3 Å². The topological polar surface area (TPSA) is 61.3 Å². The highest BCUT2D eigenvalue weighted by Crippen LogP contribution is 2.04. The van der Waals surface area contributed by atoms with E-state index in [2.05, 4.69) is 25.9 Å². The van der Waals surface area contributed by atoms with Crippen LogP contribution in [0.3, 0.4) is 0 Å². The first-order chi connectivity index (χ1) is 12.3. The zero-order valence-corrected chi connectivity index (χ0v) is 17.4. The molecule has 0 amide bonds. The molecule has 7 heteroatoms. The second-order valence-corrected chi connectivity index (χ2v) is 5.60. The summed E-state index contributed by atoms with van der Waals surface area (Å²) in [5, 5.41) is 9.84. The molecular formula is C19H27FIN5. The lowest BCUT2D eigenvalue weighted by molar-refractivity contribution is 0.627. The zero-order chi connectivity index (χ0) is 17.7. The Morgan fingerprint density at radius 1 is 1.04 bits per heavy atom. The van der Waals surface area contributed by atoms with Gasteiger partial charge in [0, 0.05) is 25.8 Å². The van der Waals surface area contributed by atoms with Crippen molar-refractivity contribution in [1.29, 1.82) is 0 Å². The fourth-order valence-corrected chi connectivity index (χ4v) is 2.24. The Kier molecular flexibility index (Phi) is 11.3. The number of benzene rings is 1. The van der Waals surface area contributed by atoms with Crippen molar-refractivity contribution in [3.05, 3.63) is 60.0 Å². The molecule has 0 saturated carbocycles. The van der Waals surface area contributed by atoms with E-state index in [-0.39, 0.29) is 29.8 Å². The number of pyridine rings is 1. The van der Waals surface area contributed by atoms with Crippen LogP contribution in [0, 0.1) is 5.82 Å². The van der Waals surface area contributed by atoms with E-state index >= 15 is 0 Å². The van der Waals surface area contributed by atoms with Crippen molar-refractivity contribution in [1.82, 2.24) is 15.6 Å². The minimum Gasteiger partial charge on any atom is -0.370 e. The van der Waals surface area contributed by atoms with Crippen LogP contribution in [0.4, 0.5) is 10.2 Å². The highest BCUT2D eigenvalue weighted by molar-refractivity contribution is 14.0. The second-order valence-electron chi connectivity index (χ2n) is 5.60. The van der Waals surface area contributed by atoms with Gasteiger partial charge in [-0.05, 0) is 49.6 Å². The van der Waals surface area contributed by atoms with Crippen molar-refractivity contribution in [3.63, 3.8) is 0 Å². The highest BCUT2D eigenvalue weighted by Gasteiger charge is 1.98. The van der Waals surface area contributed by atoms with E-state index in [1.165, 1.54) is 12.1 Å². The molecule has 0 atom stereocenters. The average molecular weight is 471 g/mol. The number of halogens is 2. The van der Waals surface area contributed by atoms with Gasteiger partial charge in [0.1, 0.15) is 11.6 Å². The van der Waals surface area contributed by atoms with Crippen LogP contribution in [0.5, 0.6) is 0 Å². The lowest BCUT2D eigenvalue weighted by Gasteiger charge is -2.11. The van der Waals surface area contributed by atoms with Crippen molar-refractivity contribution in [2.24, 2.45) is 4.99 Å². The van der Waals surface area contributed by atoms with E-state index in [9.17, 15) is 4.39 Å². The molecule has 0 aliphatic rings. The molecule has 0 spiro atoms. The largest absolute Gasteiger partial charge is 0.370 e. The van der Waals surface area contributed by atoms with Gasteiger partial charge in [-0.25, -0.2) is 14.4 Å². The Morgan fingerprint density at radius 3 is 2.50 bits per heavy atom. The van der Waals surface area contributed by atoms with Gasteiger partial charge in [0.05, 0.1) is 6.54 Å². The molecular weight excluding hydrogens is 444 g/mol. The number of unbranched alkanes of at least 4 members (excludes halogenated alkanes) is 1. The van der Waals surface area contributed by atoms with E-state index in [4.69, 9.17) is 0 Å². The molecule has 1 aromatic carbocycles. The lowest BCUT2D eigenvalue weighted by Crippen LogP contribution is -2.37. The summed E-state index contributed by atoms with van der Waals surface area (Å²) in [6.07, 6.45) is 3.85. The van der Waals surface area contributed by atoms with Gasteiger partial charge in [-0.1, -0.05) is 18.2 Å². The molecule has 2 aromatic rings. The summed E-state index contributed by atoms with van der Waals surface area (Å²) in [7, 11) is 0. The molecule has 1 heterocycles. The number of nitrogens with zero attached hydrogens (tertiary/aromatic N) is 2. The summed E-state index contributed by atoms with van der Waals surface area (Å²) in [6, 6.07) is 12.3. The fraction of sp³-hybridized carbons (Fsp3) is 0.368. The first kappa shape index (κ1) is 22.1. The van der Waals surface area contributed by atoms with Crippen LogP contribution >= 0.6 is 24.0 Å². The Balaban J connectivity index is 0.00000338. The van der Waals surface area contributed by atoms with Gasteiger partial charge in [0.15, 0.2) is 5.96 Å². The molecule has 0 unspecified atom stereocenters. The Hall–Kier alpha value is -1.90. The van der Waals surface area contributed by atoms with E-state index in [0.29, 0.717) is 6.54 Å². The maximum Gasteiger partial charge on any atom is 0.191 e. The number of nitrogens with one attached hydrogen (secondary N) is 3. The van der Waals surface area contributed by atoms with Gasteiger partial charge in [-0.3, -0.25) is 0 Å². The van der Waals surface area contributed by atoms with Crippen molar-refractivity contribution < 1.29 is 4.39 Å². The number of aromatic nitrogens is 1. The maximum absolute atomic E-state index is 12.9. The summed E-state index contributed by atoms with van der Waals surface area (Å²) in [5.74, 6) is 1.46. The van der Waals surface area contributed by atoms with Crippen LogP contribution in [-0.4, -0.2) is 30.6 Å². The quantitative estimate of drug-likeness (QED) is 0.226. The Morgan fingerprint density at radius 2 is 1.81 bits per heavy atom. The number of hydrogen-bond donors (Lipinski definition) is 3. The average Bonchev–Trinajstić information content (AvgIpc) is 2.64. The third-order valence-electron chi connectivity index (χ3n) is 3.54. The summed E-state index contributed by atoms with van der Waals surface area (Å²) in [6.45, 7) is 5.10. The van der Waals surface area contributed by atoms with Gasteiger partial charge in [-0.2, -0.15) is 0 Å². The van der Waals surface area contributed by atoms with Gasteiger partial charge < -0.3 is 16.0 Å². The Labute approximate surface area is 171 Å². The first-order valence-electron chi connectivity index (χ1n) is 8.69. The van der Waals surface area contributed by atoms with Crippen LogP contribution in [-0.2, 0) is 6.54 Å². The Bertz CT molecular complexity index is 634. The minimum atomic E-state index is -0.225. The van der Waals surface area contributed by atoms with Gasteiger partial charge in [0.2, 0.25) is 0 Å². The lowest BCUT2D eigenvalue weighted by atomic mass is 10.2. The highest BCUT2D eigenvalue weighted by atomic mass is 127. The maximum atomic E-state index is 12.9. The summed E-state index contributed by atoms with van der Waals surface area (Å²) in [4.78, 5) is 8.75. The van der Waals surface area contributed by atoms with Gasteiger partial charge in [0.25, 0.3) is 0 Å². The van der Waals surface area contributed by atoms with E-state index in [0.717, 1.165) is 49.8 Å². The van der Waals surface area contributed by atoms with Crippen LogP contribution in [0.1, 0.15) is 25.3 Å². The predicted octanol–water partition coefficient (Wildman–Crippen LogP) is 3.79. The smallest absolute Gasteiger partial charge is 0.191 e. The SMILES string of the molecule is CCNC(=NCc1ccc(F)cc1)NCCCCNc1ccccn1.I. The molecule has 5 nitrogen and oxygen atoms in total. The zero-order valence-electron chi connectivity index (χ0n) is 15.0. The van der Waals surface area contributed by atoms with Crippen LogP contribution < -0.4 is 16.0 Å². The second kappa shape index (κ2) is 13.3. The third-order valence-corrected chi connectivity index (χ3v) is 3.54. The van der Waals surface area contributed by atoms with Crippen molar-refractivity contribution in [2.75, 3.05) is 25.0 Å². The molecule has 0 radical (unpaired) electrons. The minimum absolute atomic E-state index is 0.